The molecule has 0 saturated carbocycles. The number of imide groups is 1. The van der Waals surface area contributed by atoms with Crippen molar-refractivity contribution in [2.45, 2.75) is 0 Å². The van der Waals surface area contributed by atoms with Gasteiger partial charge in [-0.15, -0.1) is 0 Å². The summed E-state index contributed by atoms with van der Waals surface area (Å²) < 4.78 is 0. The first-order valence-electron chi connectivity index (χ1n) is 5.63. The van der Waals surface area contributed by atoms with Crippen LogP contribution < -0.4 is 5.84 Å². The summed E-state index contributed by atoms with van der Waals surface area (Å²) >= 11 is 0. The smallest absolute Gasteiger partial charge is 0.261 e. The molecule has 0 spiro atoms. The summed E-state index contributed by atoms with van der Waals surface area (Å²) in [7, 11) is 0. The quantitative estimate of drug-likeness (QED) is 0.290. The molecule has 1 aromatic rings. The van der Waals surface area contributed by atoms with Gasteiger partial charge in [0.25, 0.3) is 11.8 Å². The van der Waals surface area contributed by atoms with E-state index >= 15 is 0 Å². The van der Waals surface area contributed by atoms with Crippen molar-refractivity contribution < 1.29 is 9.59 Å². The summed E-state index contributed by atoms with van der Waals surface area (Å²) in [6.07, 6.45) is 1.48. The summed E-state index contributed by atoms with van der Waals surface area (Å²) in [5, 5.41) is 3.55. The summed E-state index contributed by atoms with van der Waals surface area (Å²) in [6.45, 7) is 7.26. The number of nitrogens with zero attached hydrogens (tertiary/aromatic N) is 2. The molecule has 5 nitrogen and oxygen atoms in total. The third-order valence-corrected chi connectivity index (χ3v) is 2.96. The highest BCUT2D eigenvalue weighted by atomic mass is 16.2. The van der Waals surface area contributed by atoms with Crippen molar-refractivity contribution in [1.29, 1.82) is 0 Å². The van der Waals surface area contributed by atoms with E-state index in [1.165, 1.54) is 6.08 Å². The van der Waals surface area contributed by atoms with Gasteiger partial charge < -0.3 is 5.84 Å². The van der Waals surface area contributed by atoms with Gasteiger partial charge in [-0.2, -0.15) is 5.10 Å². The Morgan fingerprint density at radius 1 is 1.26 bits per heavy atom. The van der Waals surface area contributed by atoms with Crippen LogP contribution in [0.3, 0.4) is 0 Å². The monoisotopic (exact) mass is 255 g/mol. The van der Waals surface area contributed by atoms with Crippen molar-refractivity contribution in [2.75, 3.05) is 6.54 Å². The van der Waals surface area contributed by atoms with Crippen LogP contribution in [-0.2, 0) is 0 Å². The molecule has 0 unspecified atom stereocenters. The molecule has 0 fully saturated rings. The standard InChI is InChI=1S/C14H13N3O2/c1-3-9(2)12(16-15)8-17-13(18)10-6-4-5-7-11(10)14(17)19/h3-7H,1-2,8,15H2/b16-12-. The van der Waals surface area contributed by atoms with E-state index in [-0.39, 0.29) is 18.4 Å². The van der Waals surface area contributed by atoms with Crippen molar-refractivity contribution in [3.05, 3.63) is 60.2 Å². The number of carbonyl (C=O) groups is 2. The van der Waals surface area contributed by atoms with Gasteiger partial charge in [-0.05, 0) is 17.7 Å². The van der Waals surface area contributed by atoms with E-state index in [1.54, 1.807) is 24.3 Å². The molecule has 19 heavy (non-hydrogen) atoms. The summed E-state index contributed by atoms with van der Waals surface area (Å²) in [6, 6.07) is 6.68. The second-order valence-electron chi connectivity index (χ2n) is 4.05. The lowest BCUT2D eigenvalue weighted by molar-refractivity contribution is 0.0677. The normalized spacial score (nSPS) is 14.5. The Morgan fingerprint density at radius 2 is 1.79 bits per heavy atom. The summed E-state index contributed by atoms with van der Waals surface area (Å²) in [5.41, 5.74) is 1.63. The zero-order valence-electron chi connectivity index (χ0n) is 10.3. The molecule has 1 heterocycles. The molecular weight excluding hydrogens is 242 g/mol. The highest BCUT2D eigenvalue weighted by Gasteiger charge is 2.35. The second kappa shape index (κ2) is 4.89. The minimum atomic E-state index is -0.349. The maximum absolute atomic E-state index is 12.1. The molecule has 2 rings (SSSR count). The lowest BCUT2D eigenvalue weighted by atomic mass is 10.1. The average molecular weight is 255 g/mol. The van der Waals surface area contributed by atoms with Gasteiger partial charge in [0.15, 0.2) is 0 Å². The average Bonchev–Trinajstić information content (AvgIpc) is 2.68. The fraction of sp³-hybridized carbons (Fsp3) is 0.0714. The van der Waals surface area contributed by atoms with Crippen LogP contribution in [0.2, 0.25) is 0 Å². The van der Waals surface area contributed by atoms with Gasteiger partial charge in [0.05, 0.1) is 23.4 Å². The van der Waals surface area contributed by atoms with Crippen LogP contribution in [0.5, 0.6) is 0 Å². The number of fused-ring (bicyclic) bond motifs is 1. The number of amides is 2. The van der Waals surface area contributed by atoms with Crippen molar-refractivity contribution in [3.8, 4) is 0 Å². The Kier molecular flexibility index (Phi) is 3.29. The summed E-state index contributed by atoms with van der Waals surface area (Å²) in [5.74, 6) is 4.56. The van der Waals surface area contributed by atoms with Gasteiger partial charge in [-0.3, -0.25) is 14.5 Å². The number of hydrogen-bond donors (Lipinski definition) is 1. The van der Waals surface area contributed by atoms with Crippen LogP contribution in [-0.4, -0.2) is 29.0 Å². The molecule has 0 aromatic heterocycles. The van der Waals surface area contributed by atoms with Crippen LogP contribution in [0, 0.1) is 0 Å². The lowest BCUT2D eigenvalue weighted by Gasteiger charge is -2.14. The zero-order chi connectivity index (χ0) is 14.0. The van der Waals surface area contributed by atoms with Gasteiger partial charge in [-0.25, -0.2) is 0 Å². The number of nitrogens with two attached hydrogens (primary N) is 1. The fourth-order valence-electron chi connectivity index (χ4n) is 1.88. The Labute approximate surface area is 110 Å². The van der Waals surface area contributed by atoms with Crippen molar-refractivity contribution in [3.63, 3.8) is 0 Å². The number of allylic oxidation sites excluding steroid dienone is 1. The lowest BCUT2D eigenvalue weighted by Crippen LogP contribution is -2.35. The van der Waals surface area contributed by atoms with Crippen LogP contribution in [0.25, 0.3) is 0 Å². The molecule has 1 aliphatic rings. The number of hydrazone groups is 1. The Morgan fingerprint density at radius 3 is 2.21 bits per heavy atom. The summed E-state index contributed by atoms with van der Waals surface area (Å²) in [4.78, 5) is 25.3. The van der Waals surface area contributed by atoms with Gasteiger partial charge in [0.2, 0.25) is 0 Å². The Bertz CT molecular complexity index is 582. The van der Waals surface area contributed by atoms with E-state index in [0.717, 1.165) is 4.90 Å². The predicted octanol–water partition coefficient (Wildman–Crippen LogP) is 1.34. The first-order chi connectivity index (χ1) is 9.10. The van der Waals surface area contributed by atoms with Crippen molar-refractivity contribution in [1.82, 2.24) is 4.90 Å². The van der Waals surface area contributed by atoms with E-state index < -0.39 is 0 Å². The third-order valence-electron chi connectivity index (χ3n) is 2.96. The maximum Gasteiger partial charge on any atom is 0.261 e. The SMILES string of the molecule is C=CC(=C)/C(CN1C(=O)c2ccccc2C1=O)=N\N. The second-order valence-corrected chi connectivity index (χ2v) is 4.05. The van der Waals surface area contributed by atoms with Crippen LogP contribution >= 0.6 is 0 Å². The molecule has 1 aliphatic heterocycles. The molecule has 5 heteroatoms. The molecule has 96 valence electrons. The van der Waals surface area contributed by atoms with Crippen molar-refractivity contribution in [2.24, 2.45) is 10.9 Å². The van der Waals surface area contributed by atoms with E-state index in [2.05, 4.69) is 18.3 Å². The van der Waals surface area contributed by atoms with Gasteiger partial charge in [-0.1, -0.05) is 31.4 Å². The Balaban J connectivity index is 2.30. The number of carbonyl (C=O) groups excluding carboxylic acids is 2. The van der Waals surface area contributed by atoms with Gasteiger partial charge >= 0.3 is 0 Å². The predicted molar refractivity (Wildman–Crippen MR) is 72.8 cm³/mol. The molecular formula is C14H13N3O2. The van der Waals surface area contributed by atoms with E-state index in [0.29, 0.717) is 22.4 Å². The third kappa shape index (κ3) is 2.06. The van der Waals surface area contributed by atoms with E-state index in [1.807, 2.05) is 0 Å². The first kappa shape index (κ1) is 12.8. The topological polar surface area (TPSA) is 75.8 Å². The number of benzene rings is 1. The number of rotatable bonds is 4. The van der Waals surface area contributed by atoms with Crippen LogP contribution in [0.15, 0.2) is 54.2 Å². The highest BCUT2D eigenvalue weighted by molar-refractivity contribution is 6.23. The molecule has 1 aromatic carbocycles. The van der Waals surface area contributed by atoms with Crippen LogP contribution in [0.4, 0.5) is 0 Å². The minimum absolute atomic E-state index is 0.00625. The Hall–Kier alpha value is -2.69. The van der Waals surface area contributed by atoms with E-state index in [9.17, 15) is 9.59 Å². The molecule has 0 saturated heterocycles. The van der Waals surface area contributed by atoms with Crippen LogP contribution in [0.1, 0.15) is 20.7 Å². The molecule has 2 N–H and O–H groups in total. The first-order valence-corrected chi connectivity index (χ1v) is 5.63. The van der Waals surface area contributed by atoms with E-state index in [4.69, 9.17) is 5.84 Å². The fourth-order valence-corrected chi connectivity index (χ4v) is 1.88. The molecule has 0 atom stereocenters. The zero-order valence-corrected chi connectivity index (χ0v) is 10.3. The van der Waals surface area contributed by atoms with Gasteiger partial charge in [0, 0.05) is 0 Å². The maximum atomic E-state index is 12.1. The highest BCUT2D eigenvalue weighted by Crippen LogP contribution is 2.22. The number of hydrogen-bond acceptors (Lipinski definition) is 4. The van der Waals surface area contributed by atoms with Gasteiger partial charge in [0.1, 0.15) is 0 Å². The largest absolute Gasteiger partial charge is 0.323 e. The molecule has 0 bridgehead atoms. The minimum Gasteiger partial charge on any atom is -0.323 e. The molecule has 2 amide bonds. The molecule has 0 aliphatic carbocycles. The molecule has 0 radical (unpaired) electrons. The van der Waals surface area contributed by atoms with Crippen molar-refractivity contribution >= 4 is 17.5 Å².